The molecule has 1 saturated heterocycles. The lowest BCUT2D eigenvalue weighted by molar-refractivity contribution is -0.121. The standard InChI is InChI=1S/C23H37N5O2/c29-22(11-8-14-24-23(30)27-20-9-4-3-5-10-20)26-18-19-12-13-21(25-17-19)28-15-6-1-2-7-16-28/h12-13,17,20H,1-11,14-16,18H2,(H,26,29)(H2,24,27,30). The van der Waals surface area contributed by atoms with Gasteiger partial charge in [-0.1, -0.05) is 38.2 Å². The van der Waals surface area contributed by atoms with E-state index < -0.39 is 0 Å². The first-order valence-electron chi connectivity index (χ1n) is 11.7. The van der Waals surface area contributed by atoms with Gasteiger partial charge < -0.3 is 20.9 Å². The van der Waals surface area contributed by atoms with Crippen molar-refractivity contribution in [3.8, 4) is 0 Å². The third-order valence-corrected chi connectivity index (χ3v) is 6.04. The van der Waals surface area contributed by atoms with Crippen LogP contribution in [0.5, 0.6) is 0 Å². The fourth-order valence-electron chi connectivity index (χ4n) is 4.23. The minimum Gasteiger partial charge on any atom is -0.357 e. The van der Waals surface area contributed by atoms with Crippen molar-refractivity contribution in [3.63, 3.8) is 0 Å². The third-order valence-electron chi connectivity index (χ3n) is 6.04. The Morgan fingerprint density at radius 2 is 1.70 bits per heavy atom. The Bertz CT molecular complexity index is 650. The van der Waals surface area contributed by atoms with Crippen LogP contribution in [0.25, 0.3) is 0 Å². The molecule has 3 amide bonds. The molecule has 2 fully saturated rings. The molecule has 1 saturated carbocycles. The van der Waals surface area contributed by atoms with Crippen molar-refractivity contribution in [1.29, 1.82) is 0 Å². The summed E-state index contributed by atoms with van der Waals surface area (Å²) in [4.78, 5) is 30.9. The molecule has 30 heavy (non-hydrogen) atoms. The van der Waals surface area contributed by atoms with Crippen molar-refractivity contribution in [2.24, 2.45) is 0 Å². The second-order valence-electron chi connectivity index (χ2n) is 8.54. The van der Waals surface area contributed by atoms with E-state index in [-0.39, 0.29) is 11.9 Å². The lowest BCUT2D eigenvalue weighted by Gasteiger charge is -2.22. The highest BCUT2D eigenvalue weighted by Gasteiger charge is 2.15. The molecular weight excluding hydrogens is 378 g/mol. The van der Waals surface area contributed by atoms with E-state index in [2.05, 4.69) is 31.9 Å². The molecule has 0 bridgehead atoms. The molecule has 3 N–H and O–H groups in total. The van der Waals surface area contributed by atoms with Crippen molar-refractivity contribution < 1.29 is 9.59 Å². The van der Waals surface area contributed by atoms with Crippen LogP contribution in [0.4, 0.5) is 10.6 Å². The van der Waals surface area contributed by atoms with Gasteiger partial charge in [-0.2, -0.15) is 0 Å². The third kappa shape index (κ3) is 7.84. The highest BCUT2D eigenvalue weighted by atomic mass is 16.2. The maximum Gasteiger partial charge on any atom is 0.315 e. The van der Waals surface area contributed by atoms with Gasteiger partial charge in [0.15, 0.2) is 0 Å². The van der Waals surface area contributed by atoms with Gasteiger partial charge in [-0.25, -0.2) is 9.78 Å². The van der Waals surface area contributed by atoms with E-state index >= 15 is 0 Å². The van der Waals surface area contributed by atoms with Crippen LogP contribution >= 0.6 is 0 Å². The van der Waals surface area contributed by atoms with E-state index in [4.69, 9.17) is 0 Å². The number of nitrogens with zero attached hydrogens (tertiary/aromatic N) is 2. The molecule has 0 radical (unpaired) electrons. The largest absolute Gasteiger partial charge is 0.357 e. The summed E-state index contributed by atoms with van der Waals surface area (Å²) in [6, 6.07) is 4.30. The molecule has 0 atom stereocenters. The summed E-state index contributed by atoms with van der Waals surface area (Å²) in [6.45, 7) is 3.16. The van der Waals surface area contributed by atoms with Gasteiger partial charge in [0.05, 0.1) is 0 Å². The van der Waals surface area contributed by atoms with Crippen LogP contribution in [-0.4, -0.2) is 42.6 Å². The van der Waals surface area contributed by atoms with Gasteiger partial charge in [-0.15, -0.1) is 0 Å². The average molecular weight is 416 g/mol. The van der Waals surface area contributed by atoms with Crippen LogP contribution in [0.15, 0.2) is 18.3 Å². The topological polar surface area (TPSA) is 86.4 Å². The van der Waals surface area contributed by atoms with Crippen molar-refractivity contribution in [3.05, 3.63) is 23.9 Å². The first-order chi connectivity index (χ1) is 14.7. The molecule has 2 aliphatic rings. The van der Waals surface area contributed by atoms with Crippen LogP contribution in [0.1, 0.15) is 76.2 Å². The molecule has 0 aromatic carbocycles. The van der Waals surface area contributed by atoms with Crippen molar-refractivity contribution >= 4 is 17.8 Å². The zero-order valence-corrected chi connectivity index (χ0v) is 18.1. The number of carbonyl (C=O) groups is 2. The SMILES string of the molecule is O=C(CCCNC(=O)NC1CCCCC1)NCc1ccc(N2CCCCCC2)nc1. The Balaban J connectivity index is 1.27. The zero-order chi connectivity index (χ0) is 21.0. The van der Waals surface area contributed by atoms with E-state index in [0.717, 1.165) is 37.3 Å². The fraction of sp³-hybridized carbons (Fsp3) is 0.696. The summed E-state index contributed by atoms with van der Waals surface area (Å²) < 4.78 is 0. The minimum absolute atomic E-state index is 0.00100. The van der Waals surface area contributed by atoms with Crippen LogP contribution in [-0.2, 0) is 11.3 Å². The van der Waals surface area contributed by atoms with E-state index in [0.29, 0.717) is 32.0 Å². The van der Waals surface area contributed by atoms with Crippen LogP contribution < -0.4 is 20.9 Å². The molecule has 0 spiro atoms. The predicted molar refractivity (Wildman–Crippen MR) is 119 cm³/mol. The Labute approximate surface area is 180 Å². The second-order valence-corrected chi connectivity index (χ2v) is 8.54. The van der Waals surface area contributed by atoms with Crippen molar-refractivity contribution in [1.82, 2.24) is 20.9 Å². The Kier molecular flexibility index (Phi) is 9.25. The predicted octanol–water partition coefficient (Wildman–Crippen LogP) is 3.49. The van der Waals surface area contributed by atoms with E-state index in [1.54, 1.807) is 0 Å². The van der Waals surface area contributed by atoms with Gasteiger partial charge in [0, 0.05) is 44.8 Å². The Hall–Kier alpha value is -2.31. The van der Waals surface area contributed by atoms with E-state index in [1.807, 2.05) is 12.3 Å². The second kappa shape index (κ2) is 12.4. The molecule has 7 heteroatoms. The van der Waals surface area contributed by atoms with E-state index in [1.165, 1.54) is 44.9 Å². The highest BCUT2D eigenvalue weighted by Crippen LogP contribution is 2.18. The summed E-state index contributed by atoms with van der Waals surface area (Å²) in [5.74, 6) is 1.03. The summed E-state index contributed by atoms with van der Waals surface area (Å²) in [5, 5.41) is 8.82. The average Bonchev–Trinajstić information content (AvgIpc) is 3.06. The Morgan fingerprint density at radius 3 is 2.40 bits per heavy atom. The number of hydrogen-bond donors (Lipinski definition) is 3. The van der Waals surface area contributed by atoms with Gasteiger partial charge in [0.1, 0.15) is 5.82 Å². The lowest BCUT2D eigenvalue weighted by Crippen LogP contribution is -2.43. The minimum atomic E-state index is -0.113. The smallest absolute Gasteiger partial charge is 0.315 e. The molecule has 166 valence electrons. The van der Waals surface area contributed by atoms with Gasteiger partial charge in [0.25, 0.3) is 0 Å². The number of pyridine rings is 1. The number of hydrogen-bond acceptors (Lipinski definition) is 4. The molecule has 3 rings (SSSR count). The lowest BCUT2D eigenvalue weighted by atomic mass is 9.96. The molecule has 2 heterocycles. The zero-order valence-electron chi connectivity index (χ0n) is 18.1. The van der Waals surface area contributed by atoms with Gasteiger partial charge in [0.2, 0.25) is 5.91 Å². The fourth-order valence-corrected chi connectivity index (χ4v) is 4.23. The van der Waals surface area contributed by atoms with Crippen LogP contribution in [0.3, 0.4) is 0 Å². The molecule has 1 aromatic heterocycles. The summed E-state index contributed by atoms with van der Waals surface area (Å²) >= 11 is 0. The normalized spacial score (nSPS) is 17.8. The number of urea groups is 1. The van der Waals surface area contributed by atoms with Crippen molar-refractivity contribution in [2.45, 2.75) is 83.2 Å². The molecule has 1 aromatic rings. The van der Waals surface area contributed by atoms with Crippen LogP contribution in [0.2, 0.25) is 0 Å². The number of anilines is 1. The van der Waals surface area contributed by atoms with Gasteiger partial charge in [-0.05, 0) is 43.7 Å². The quantitative estimate of drug-likeness (QED) is 0.567. The summed E-state index contributed by atoms with van der Waals surface area (Å²) in [5.41, 5.74) is 1.01. The first-order valence-corrected chi connectivity index (χ1v) is 11.7. The van der Waals surface area contributed by atoms with Gasteiger partial charge >= 0.3 is 6.03 Å². The monoisotopic (exact) mass is 415 g/mol. The Morgan fingerprint density at radius 1 is 0.967 bits per heavy atom. The molecule has 7 nitrogen and oxygen atoms in total. The maximum atomic E-state index is 12.1. The highest BCUT2D eigenvalue weighted by molar-refractivity contribution is 5.76. The summed E-state index contributed by atoms with van der Waals surface area (Å²) in [7, 11) is 0. The molecule has 1 aliphatic carbocycles. The van der Waals surface area contributed by atoms with Crippen LogP contribution in [0, 0.1) is 0 Å². The summed E-state index contributed by atoms with van der Waals surface area (Å²) in [6.07, 6.45) is 13.8. The van der Waals surface area contributed by atoms with E-state index in [9.17, 15) is 9.59 Å². The molecule has 1 aliphatic heterocycles. The number of amides is 3. The first kappa shape index (κ1) is 22.4. The maximum absolute atomic E-state index is 12.1. The molecular formula is C23H37N5O2. The number of nitrogens with one attached hydrogen (secondary N) is 3. The number of carbonyl (C=O) groups excluding carboxylic acids is 2. The van der Waals surface area contributed by atoms with Gasteiger partial charge in [-0.3, -0.25) is 4.79 Å². The number of aromatic nitrogens is 1. The molecule has 0 unspecified atom stereocenters. The number of rotatable bonds is 8. The van der Waals surface area contributed by atoms with Crippen molar-refractivity contribution in [2.75, 3.05) is 24.5 Å².